The number of carbonyl (C=O) groups excluding carboxylic acids is 2. The lowest BCUT2D eigenvalue weighted by molar-refractivity contribution is -0.122. The highest BCUT2D eigenvalue weighted by Crippen LogP contribution is 2.43. The van der Waals surface area contributed by atoms with Crippen molar-refractivity contribution in [1.29, 1.82) is 0 Å². The van der Waals surface area contributed by atoms with Crippen LogP contribution in [0.15, 0.2) is 42.0 Å². The van der Waals surface area contributed by atoms with E-state index in [4.69, 9.17) is 35.4 Å². The number of nitrogens with zero attached hydrogens (tertiary/aromatic N) is 2. The van der Waals surface area contributed by atoms with E-state index in [1.165, 1.54) is 10.5 Å². The summed E-state index contributed by atoms with van der Waals surface area (Å²) in [6.45, 7) is 6.65. The van der Waals surface area contributed by atoms with Crippen molar-refractivity contribution in [3.8, 4) is 0 Å². The van der Waals surface area contributed by atoms with Crippen molar-refractivity contribution in [2.24, 2.45) is 0 Å². The Morgan fingerprint density at radius 2 is 1.88 bits per heavy atom. The fraction of sp³-hybridized carbons (Fsp3) is 0.292. The summed E-state index contributed by atoms with van der Waals surface area (Å²) < 4.78 is 0. The van der Waals surface area contributed by atoms with Gasteiger partial charge in [-0.3, -0.25) is 19.8 Å². The zero-order valence-electron chi connectivity index (χ0n) is 18.2. The van der Waals surface area contributed by atoms with Gasteiger partial charge in [-0.05, 0) is 79.9 Å². The zero-order valence-corrected chi connectivity index (χ0v) is 20.5. The number of hydrogen-bond acceptors (Lipinski definition) is 4. The summed E-state index contributed by atoms with van der Waals surface area (Å²) in [5.74, 6) is -0.745. The first kappa shape index (κ1) is 22.8. The molecule has 0 saturated carbocycles. The summed E-state index contributed by atoms with van der Waals surface area (Å²) in [4.78, 5) is 29.4. The van der Waals surface area contributed by atoms with Crippen molar-refractivity contribution >= 4 is 69.8 Å². The van der Waals surface area contributed by atoms with Crippen LogP contribution in [0.4, 0.5) is 11.4 Å². The molecule has 2 heterocycles. The Hall–Kier alpha value is -2.41. The maximum absolute atomic E-state index is 13.3. The summed E-state index contributed by atoms with van der Waals surface area (Å²) in [6.07, 6.45) is 2.60. The number of hydrogen-bond donors (Lipinski definition) is 1. The molecule has 1 saturated heterocycles. The Bertz CT molecular complexity index is 1190. The molecule has 2 amide bonds. The second kappa shape index (κ2) is 8.18. The Morgan fingerprint density at radius 1 is 1.16 bits per heavy atom. The quantitative estimate of drug-likeness (QED) is 0.342. The van der Waals surface area contributed by atoms with Gasteiger partial charge in [-0.15, -0.1) is 0 Å². The summed E-state index contributed by atoms with van der Waals surface area (Å²) in [6, 6.07) is 10.9. The van der Waals surface area contributed by atoms with Crippen LogP contribution < -0.4 is 15.1 Å². The van der Waals surface area contributed by atoms with E-state index in [0.717, 1.165) is 17.7 Å². The Kier molecular flexibility index (Phi) is 5.82. The number of benzene rings is 2. The van der Waals surface area contributed by atoms with Gasteiger partial charge in [-0.25, -0.2) is 0 Å². The molecule has 1 fully saturated rings. The lowest BCUT2D eigenvalue weighted by Gasteiger charge is -2.45. The first-order chi connectivity index (χ1) is 15.0. The minimum atomic E-state index is -0.549. The van der Waals surface area contributed by atoms with Crippen molar-refractivity contribution in [2.45, 2.75) is 38.6 Å². The average molecular weight is 488 g/mol. The molecule has 32 heavy (non-hydrogen) atoms. The smallest absolute Gasteiger partial charge is 0.270 e. The van der Waals surface area contributed by atoms with Gasteiger partial charge in [0.05, 0.1) is 15.7 Å². The van der Waals surface area contributed by atoms with Gasteiger partial charge in [0.1, 0.15) is 5.57 Å². The molecule has 0 aromatic heterocycles. The van der Waals surface area contributed by atoms with Crippen molar-refractivity contribution in [2.75, 3.05) is 16.8 Å². The highest BCUT2D eigenvalue weighted by molar-refractivity contribution is 7.80. The molecule has 8 heteroatoms. The molecule has 166 valence electrons. The summed E-state index contributed by atoms with van der Waals surface area (Å²) in [5.41, 5.74) is 3.47. The van der Waals surface area contributed by atoms with Crippen molar-refractivity contribution in [3.05, 3.63) is 63.1 Å². The van der Waals surface area contributed by atoms with Crippen LogP contribution in [-0.4, -0.2) is 29.5 Å². The lowest BCUT2D eigenvalue weighted by Crippen LogP contribution is -2.54. The van der Waals surface area contributed by atoms with Crippen LogP contribution in [0.2, 0.25) is 10.0 Å². The number of halogens is 2. The van der Waals surface area contributed by atoms with Gasteiger partial charge in [0.25, 0.3) is 11.8 Å². The Morgan fingerprint density at radius 3 is 2.59 bits per heavy atom. The number of rotatable bonds is 2. The molecule has 4 rings (SSSR count). The SMILES string of the molecule is CC1CC(C)(C)N(C)c2ccc(/C=C3/C(=O)NC(=S)N(c4cccc(Cl)c4Cl)C3=O)cc21. The fourth-order valence-electron chi connectivity index (χ4n) is 4.39. The van der Waals surface area contributed by atoms with Gasteiger partial charge in [0.2, 0.25) is 0 Å². The number of fused-ring (bicyclic) bond motifs is 1. The average Bonchev–Trinajstić information content (AvgIpc) is 2.72. The standard InChI is InChI=1S/C24H23Cl2N3O2S/c1-13-12-24(2,3)28(4)18-9-8-14(10-15(13)18)11-16-21(30)27-23(32)29(22(16)31)19-7-5-6-17(25)20(19)26/h5-11,13H,12H2,1-4H3,(H,27,30,32)/b16-11-. The molecule has 1 N–H and O–H groups in total. The van der Waals surface area contributed by atoms with E-state index in [1.54, 1.807) is 24.3 Å². The number of nitrogens with one attached hydrogen (secondary N) is 1. The second-order valence-corrected chi connectivity index (χ2v) is 10.00. The lowest BCUT2D eigenvalue weighted by atomic mass is 9.80. The van der Waals surface area contributed by atoms with Gasteiger partial charge < -0.3 is 4.90 Å². The molecule has 0 aliphatic carbocycles. The van der Waals surface area contributed by atoms with Gasteiger partial charge in [-0.2, -0.15) is 0 Å². The van der Waals surface area contributed by atoms with Crippen molar-refractivity contribution < 1.29 is 9.59 Å². The molecule has 0 radical (unpaired) electrons. The molecule has 2 aromatic rings. The number of carbonyl (C=O) groups is 2. The van der Waals surface area contributed by atoms with Gasteiger partial charge in [0, 0.05) is 18.3 Å². The number of amides is 2. The largest absolute Gasteiger partial charge is 0.369 e. The molecule has 2 aliphatic rings. The van der Waals surface area contributed by atoms with E-state index in [-0.39, 0.29) is 26.3 Å². The van der Waals surface area contributed by atoms with E-state index in [0.29, 0.717) is 11.6 Å². The third kappa shape index (κ3) is 3.81. The molecule has 1 unspecified atom stereocenters. The highest BCUT2D eigenvalue weighted by atomic mass is 35.5. The van der Waals surface area contributed by atoms with Crippen LogP contribution in [0.1, 0.15) is 44.2 Å². The van der Waals surface area contributed by atoms with Crippen LogP contribution in [0.3, 0.4) is 0 Å². The molecule has 1 atom stereocenters. The topological polar surface area (TPSA) is 52.7 Å². The third-order valence-corrected chi connectivity index (χ3v) is 7.34. The molecule has 2 aliphatic heterocycles. The third-order valence-electron chi connectivity index (χ3n) is 6.24. The van der Waals surface area contributed by atoms with Gasteiger partial charge in [-0.1, -0.05) is 42.3 Å². The number of thiocarbonyl (C=S) groups is 1. The van der Waals surface area contributed by atoms with Gasteiger partial charge in [0.15, 0.2) is 5.11 Å². The maximum atomic E-state index is 13.3. The zero-order chi connectivity index (χ0) is 23.4. The van der Waals surface area contributed by atoms with Crippen LogP contribution in [-0.2, 0) is 9.59 Å². The monoisotopic (exact) mass is 487 g/mol. The first-order valence-corrected chi connectivity index (χ1v) is 11.4. The van der Waals surface area contributed by atoms with E-state index >= 15 is 0 Å². The Balaban J connectivity index is 1.75. The van der Waals surface area contributed by atoms with Crippen LogP contribution in [0.25, 0.3) is 6.08 Å². The fourth-order valence-corrected chi connectivity index (χ4v) is 5.05. The van der Waals surface area contributed by atoms with E-state index in [9.17, 15) is 9.59 Å². The predicted octanol–water partition coefficient (Wildman–Crippen LogP) is 5.55. The second-order valence-electron chi connectivity index (χ2n) is 8.83. The minimum Gasteiger partial charge on any atom is -0.369 e. The van der Waals surface area contributed by atoms with Crippen molar-refractivity contribution in [1.82, 2.24) is 5.32 Å². The van der Waals surface area contributed by atoms with Crippen LogP contribution in [0, 0.1) is 0 Å². The van der Waals surface area contributed by atoms with Gasteiger partial charge >= 0.3 is 0 Å². The summed E-state index contributed by atoms with van der Waals surface area (Å²) >= 11 is 17.7. The van der Waals surface area contributed by atoms with E-state index in [1.807, 2.05) is 18.2 Å². The molecular formula is C24H23Cl2N3O2S. The molecule has 0 bridgehead atoms. The highest BCUT2D eigenvalue weighted by Gasteiger charge is 2.37. The molecule has 0 spiro atoms. The Labute approximate surface area is 203 Å². The maximum Gasteiger partial charge on any atom is 0.270 e. The van der Waals surface area contributed by atoms with E-state index < -0.39 is 11.8 Å². The first-order valence-electron chi connectivity index (χ1n) is 10.2. The summed E-state index contributed by atoms with van der Waals surface area (Å²) in [7, 11) is 2.09. The molecular weight excluding hydrogens is 465 g/mol. The van der Waals surface area contributed by atoms with Crippen LogP contribution in [0.5, 0.6) is 0 Å². The summed E-state index contributed by atoms with van der Waals surface area (Å²) in [5, 5.41) is 3.02. The minimum absolute atomic E-state index is 0.0215. The molecule has 5 nitrogen and oxygen atoms in total. The predicted molar refractivity (Wildman–Crippen MR) is 135 cm³/mol. The normalized spacial score (nSPS) is 21.6. The van der Waals surface area contributed by atoms with Crippen LogP contribution >= 0.6 is 35.4 Å². The van der Waals surface area contributed by atoms with Crippen molar-refractivity contribution in [3.63, 3.8) is 0 Å². The molecule has 2 aromatic carbocycles. The van der Waals surface area contributed by atoms with E-state index in [2.05, 4.69) is 38.0 Å². The number of anilines is 2.